The van der Waals surface area contributed by atoms with Crippen molar-refractivity contribution < 1.29 is 4.79 Å². The van der Waals surface area contributed by atoms with E-state index in [0.717, 1.165) is 38.0 Å². The van der Waals surface area contributed by atoms with Crippen molar-refractivity contribution in [1.82, 2.24) is 15.2 Å². The Morgan fingerprint density at radius 1 is 1.63 bits per heavy atom. The number of nitrogen functional groups attached to an aromatic ring is 1. The molecule has 1 amide bonds. The Kier molecular flexibility index (Phi) is 4.70. The van der Waals surface area contributed by atoms with Crippen molar-refractivity contribution in [2.24, 2.45) is 11.8 Å². The highest BCUT2D eigenvalue weighted by Gasteiger charge is 2.24. The number of aromatic nitrogens is 1. The van der Waals surface area contributed by atoms with Crippen LogP contribution in [-0.2, 0) is 11.3 Å². The number of nitrogens with one attached hydrogen (secondary N) is 2. The summed E-state index contributed by atoms with van der Waals surface area (Å²) in [6.45, 7) is 2.67. The minimum absolute atomic E-state index is 0.104. The van der Waals surface area contributed by atoms with E-state index in [1.54, 1.807) is 13.2 Å². The molecule has 1 aromatic heterocycles. The molecule has 0 spiro atoms. The van der Waals surface area contributed by atoms with Gasteiger partial charge < -0.3 is 10.7 Å². The fraction of sp³-hybridized carbons (Fsp3) is 0.538. The summed E-state index contributed by atoms with van der Waals surface area (Å²) in [5.74, 6) is 6.26. The van der Waals surface area contributed by atoms with E-state index in [4.69, 9.17) is 5.84 Å². The molecule has 104 valence electrons. The molecule has 1 atom stereocenters. The summed E-state index contributed by atoms with van der Waals surface area (Å²) in [4.78, 5) is 18.1. The minimum atomic E-state index is 0.104. The molecule has 2 heterocycles. The smallest absolute Gasteiger partial charge is 0.224 e. The number of anilines is 1. The third-order valence-corrected chi connectivity index (χ3v) is 3.50. The molecule has 1 aliphatic rings. The number of rotatable bonds is 4. The van der Waals surface area contributed by atoms with Crippen LogP contribution < -0.4 is 16.6 Å². The van der Waals surface area contributed by atoms with Gasteiger partial charge in [0.1, 0.15) is 5.82 Å². The monoisotopic (exact) mass is 263 g/mol. The Bertz CT molecular complexity index is 437. The highest BCUT2D eigenvalue weighted by atomic mass is 16.1. The third-order valence-electron chi connectivity index (χ3n) is 3.50. The lowest BCUT2D eigenvalue weighted by molar-refractivity contribution is -0.126. The van der Waals surface area contributed by atoms with Crippen LogP contribution in [0.15, 0.2) is 18.3 Å². The lowest BCUT2D eigenvalue weighted by Gasteiger charge is -2.31. The molecule has 0 aromatic carbocycles. The van der Waals surface area contributed by atoms with Crippen LogP contribution in [0.1, 0.15) is 18.4 Å². The zero-order chi connectivity index (χ0) is 13.7. The van der Waals surface area contributed by atoms with Crippen molar-refractivity contribution in [3.05, 3.63) is 23.9 Å². The summed E-state index contributed by atoms with van der Waals surface area (Å²) in [5, 5.41) is 2.74. The first kappa shape index (κ1) is 13.8. The summed E-state index contributed by atoms with van der Waals surface area (Å²) in [6, 6.07) is 3.91. The van der Waals surface area contributed by atoms with E-state index in [1.807, 2.05) is 12.1 Å². The van der Waals surface area contributed by atoms with Gasteiger partial charge in [0.25, 0.3) is 0 Å². The largest absolute Gasteiger partial charge is 0.359 e. The molecule has 0 bridgehead atoms. The van der Waals surface area contributed by atoms with Crippen LogP contribution in [-0.4, -0.2) is 35.9 Å². The molecule has 4 N–H and O–H groups in total. The highest BCUT2D eigenvalue weighted by Crippen LogP contribution is 2.19. The first-order valence-corrected chi connectivity index (χ1v) is 6.58. The van der Waals surface area contributed by atoms with Gasteiger partial charge in [-0.05, 0) is 37.1 Å². The molecule has 6 nitrogen and oxygen atoms in total. The predicted octanol–water partition coefficient (Wildman–Crippen LogP) is 0.325. The molecule has 6 heteroatoms. The Morgan fingerprint density at radius 3 is 3.21 bits per heavy atom. The maximum atomic E-state index is 11.7. The molecule has 1 aromatic rings. The fourth-order valence-electron chi connectivity index (χ4n) is 2.53. The Hall–Kier alpha value is -1.66. The Balaban J connectivity index is 1.96. The SMILES string of the molecule is CNC(=O)C1CCCN(Cc2ccnc(NN)c2)C1. The van der Waals surface area contributed by atoms with Gasteiger partial charge in [0, 0.05) is 26.3 Å². The van der Waals surface area contributed by atoms with Gasteiger partial charge in [0.15, 0.2) is 0 Å². The average Bonchev–Trinajstić information content (AvgIpc) is 2.47. The molecule has 2 rings (SSSR count). The number of amides is 1. The van der Waals surface area contributed by atoms with Crippen LogP contribution in [0.3, 0.4) is 0 Å². The summed E-state index contributed by atoms with van der Waals surface area (Å²) in [7, 11) is 1.70. The number of hydrazine groups is 1. The fourth-order valence-corrected chi connectivity index (χ4v) is 2.53. The van der Waals surface area contributed by atoms with Crippen molar-refractivity contribution in [3.63, 3.8) is 0 Å². The zero-order valence-corrected chi connectivity index (χ0v) is 11.2. The second kappa shape index (κ2) is 6.49. The van der Waals surface area contributed by atoms with E-state index in [1.165, 1.54) is 0 Å². The highest BCUT2D eigenvalue weighted by molar-refractivity contribution is 5.78. The van der Waals surface area contributed by atoms with E-state index in [0.29, 0.717) is 5.82 Å². The van der Waals surface area contributed by atoms with E-state index in [9.17, 15) is 4.79 Å². The summed E-state index contributed by atoms with van der Waals surface area (Å²) < 4.78 is 0. The van der Waals surface area contributed by atoms with Crippen molar-refractivity contribution in [2.45, 2.75) is 19.4 Å². The zero-order valence-electron chi connectivity index (χ0n) is 11.2. The molecule has 1 unspecified atom stereocenters. The Labute approximate surface area is 113 Å². The number of pyridine rings is 1. The van der Waals surface area contributed by atoms with Crippen molar-refractivity contribution in [2.75, 3.05) is 25.6 Å². The van der Waals surface area contributed by atoms with Gasteiger partial charge in [-0.1, -0.05) is 0 Å². The second-order valence-electron chi connectivity index (χ2n) is 4.88. The van der Waals surface area contributed by atoms with Crippen molar-refractivity contribution >= 4 is 11.7 Å². The molecule has 19 heavy (non-hydrogen) atoms. The molecule has 1 aliphatic heterocycles. The lowest BCUT2D eigenvalue weighted by atomic mass is 9.97. The van der Waals surface area contributed by atoms with E-state index in [-0.39, 0.29) is 11.8 Å². The van der Waals surface area contributed by atoms with Gasteiger partial charge in [-0.2, -0.15) is 0 Å². The molecule has 0 aliphatic carbocycles. The van der Waals surface area contributed by atoms with Crippen molar-refractivity contribution in [1.29, 1.82) is 0 Å². The molecule has 1 saturated heterocycles. The van der Waals surface area contributed by atoms with Gasteiger partial charge in [0.2, 0.25) is 5.91 Å². The van der Waals surface area contributed by atoms with E-state index >= 15 is 0 Å². The summed E-state index contributed by atoms with van der Waals surface area (Å²) >= 11 is 0. The quantitative estimate of drug-likeness (QED) is 0.538. The number of nitrogens with zero attached hydrogens (tertiary/aromatic N) is 2. The number of nitrogens with two attached hydrogens (primary N) is 1. The van der Waals surface area contributed by atoms with Crippen LogP contribution in [0.25, 0.3) is 0 Å². The van der Waals surface area contributed by atoms with Crippen LogP contribution in [0, 0.1) is 5.92 Å². The molecule has 0 radical (unpaired) electrons. The van der Waals surface area contributed by atoms with Gasteiger partial charge in [0.05, 0.1) is 5.92 Å². The molecule has 0 saturated carbocycles. The van der Waals surface area contributed by atoms with Crippen LogP contribution in [0.2, 0.25) is 0 Å². The second-order valence-corrected chi connectivity index (χ2v) is 4.88. The summed E-state index contributed by atoms with van der Waals surface area (Å²) in [6.07, 6.45) is 3.78. The number of carbonyl (C=O) groups is 1. The van der Waals surface area contributed by atoms with E-state index in [2.05, 4.69) is 20.6 Å². The van der Waals surface area contributed by atoms with E-state index < -0.39 is 0 Å². The Morgan fingerprint density at radius 2 is 2.47 bits per heavy atom. The average molecular weight is 263 g/mol. The van der Waals surface area contributed by atoms with Crippen molar-refractivity contribution in [3.8, 4) is 0 Å². The van der Waals surface area contributed by atoms with Crippen LogP contribution >= 0.6 is 0 Å². The van der Waals surface area contributed by atoms with Gasteiger partial charge in [-0.25, -0.2) is 10.8 Å². The maximum Gasteiger partial charge on any atom is 0.224 e. The number of piperidine rings is 1. The molecular formula is C13H21N5O. The predicted molar refractivity (Wildman–Crippen MR) is 74.1 cm³/mol. The first-order valence-electron chi connectivity index (χ1n) is 6.58. The normalized spacial score (nSPS) is 20.0. The maximum absolute atomic E-state index is 11.7. The number of carbonyl (C=O) groups excluding carboxylic acids is 1. The third kappa shape index (κ3) is 3.65. The standard InChI is InChI=1S/C13H21N5O/c1-15-13(19)11-3-2-6-18(9-11)8-10-4-5-16-12(7-10)17-14/h4-5,7,11H,2-3,6,8-9,14H2,1H3,(H,15,19)(H,16,17). The van der Waals surface area contributed by atoms with Gasteiger partial charge >= 0.3 is 0 Å². The lowest BCUT2D eigenvalue weighted by Crippen LogP contribution is -2.41. The molecular weight excluding hydrogens is 242 g/mol. The number of likely N-dealkylation sites (tertiary alicyclic amines) is 1. The van der Waals surface area contributed by atoms with Crippen LogP contribution in [0.5, 0.6) is 0 Å². The number of hydrogen-bond donors (Lipinski definition) is 3. The summed E-state index contributed by atoms with van der Waals surface area (Å²) in [5.41, 5.74) is 3.70. The minimum Gasteiger partial charge on any atom is -0.359 e. The molecule has 1 fully saturated rings. The van der Waals surface area contributed by atoms with Gasteiger partial charge in [-0.15, -0.1) is 0 Å². The number of hydrogen-bond acceptors (Lipinski definition) is 5. The topological polar surface area (TPSA) is 83.3 Å². The van der Waals surface area contributed by atoms with Crippen LogP contribution in [0.4, 0.5) is 5.82 Å². The van der Waals surface area contributed by atoms with Gasteiger partial charge in [-0.3, -0.25) is 9.69 Å². The first-order chi connectivity index (χ1) is 9.22.